The normalized spacial score (nSPS) is 18.2. The fourth-order valence-corrected chi connectivity index (χ4v) is 3.30. The molecular formula is C18H18N2O. The zero-order valence-electron chi connectivity index (χ0n) is 12.0. The maximum Gasteiger partial charge on any atom is 0.197 e. The minimum Gasteiger partial charge on any atom is -0.441 e. The SMILES string of the molecule is CNC(Cc1nc2ccccc2o1)C1Cc2ccccc21. The second-order valence-electron chi connectivity index (χ2n) is 5.68. The second-order valence-corrected chi connectivity index (χ2v) is 5.68. The molecule has 2 unspecified atom stereocenters. The van der Waals surface area contributed by atoms with Gasteiger partial charge in [0.25, 0.3) is 0 Å². The predicted octanol–water partition coefficient (Wildman–Crippen LogP) is 3.30. The molecule has 0 saturated carbocycles. The fraction of sp³-hybridized carbons (Fsp3) is 0.278. The van der Waals surface area contributed by atoms with Gasteiger partial charge in [-0.2, -0.15) is 0 Å². The number of aromatic nitrogens is 1. The van der Waals surface area contributed by atoms with Crippen molar-refractivity contribution in [2.45, 2.75) is 24.8 Å². The van der Waals surface area contributed by atoms with Crippen LogP contribution in [-0.4, -0.2) is 18.1 Å². The molecule has 21 heavy (non-hydrogen) atoms. The third kappa shape index (κ3) is 2.14. The van der Waals surface area contributed by atoms with Crippen LogP contribution in [0.15, 0.2) is 52.9 Å². The number of likely N-dealkylation sites (N-methyl/N-ethyl adjacent to an activating group) is 1. The van der Waals surface area contributed by atoms with Crippen LogP contribution in [-0.2, 0) is 12.8 Å². The smallest absolute Gasteiger partial charge is 0.197 e. The molecular weight excluding hydrogens is 260 g/mol. The first-order chi connectivity index (χ1) is 10.3. The summed E-state index contributed by atoms with van der Waals surface area (Å²) in [5, 5.41) is 3.44. The van der Waals surface area contributed by atoms with Gasteiger partial charge in [0.15, 0.2) is 11.5 Å². The Labute approximate surface area is 124 Å². The van der Waals surface area contributed by atoms with E-state index in [-0.39, 0.29) is 0 Å². The molecule has 3 nitrogen and oxygen atoms in total. The molecule has 0 aliphatic heterocycles. The van der Waals surface area contributed by atoms with Crippen molar-refractivity contribution in [2.75, 3.05) is 7.05 Å². The van der Waals surface area contributed by atoms with Crippen LogP contribution in [0.3, 0.4) is 0 Å². The van der Waals surface area contributed by atoms with Gasteiger partial charge in [-0.15, -0.1) is 0 Å². The highest BCUT2D eigenvalue weighted by Gasteiger charge is 2.32. The Morgan fingerprint density at radius 1 is 1.19 bits per heavy atom. The van der Waals surface area contributed by atoms with E-state index in [0.29, 0.717) is 12.0 Å². The molecule has 1 aromatic heterocycles. The summed E-state index contributed by atoms with van der Waals surface area (Å²) in [6, 6.07) is 17.0. The molecule has 0 amide bonds. The van der Waals surface area contributed by atoms with Crippen LogP contribution in [0, 0.1) is 0 Å². The first-order valence-corrected chi connectivity index (χ1v) is 7.44. The summed E-state index contributed by atoms with van der Waals surface area (Å²) in [7, 11) is 2.02. The summed E-state index contributed by atoms with van der Waals surface area (Å²) < 4.78 is 5.86. The number of hydrogen-bond acceptors (Lipinski definition) is 3. The van der Waals surface area contributed by atoms with E-state index < -0.39 is 0 Å². The van der Waals surface area contributed by atoms with Crippen LogP contribution in [0.25, 0.3) is 11.1 Å². The lowest BCUT2D eigenvalue weighted by atomic mass is 9.72. The first kappa shape index (κ1) is 12.6. The van der Waals surface area contributed by atoms with Crippen LogP contribution in [0.2, 0.25) is 0 Å². The van der Waals surface area contributed by atoms with Crippen LogP contribution in [0.5, 0.6) is 0 Å². The number of fused-ring (bicyclic) bond motifs is 2. The summed E-state index contributed by atoms with van der Waals surface area (Å²) in [5.41, 5.74) is 4.75. The van der Waals surface area contributed by atoms with Crippen molar-refractivity contribution in [3.8, 4) is 0 Å². The maximum atomic E-state index is 5.86. The number of nitrogens with zero attached hydrogens (tertiary/aromatic N) is 1. The van der Waals surface area contributed by atoms with Crippen molar-refractivity contribution in [3.05, 3.63) is 65.5 Å². The molecule has 2 atom stereocenters. The Bertz CT molecular complexity index is 744. The monoisotopic (exact) mass is 278 g/mol. The van der Waals surface area contributed by atoms with Crippen molar-refractivity contribution in [1.29, 1.82) is 0 Å². The molecule has 0 radical (unpaired) electrons. The summed E-state index contributed by atoms with van der Waals surface area (Å²) in [4.78, 5) is 4.59. The highest BCUT2D eigenvalue weighted by molar-refractivity contribution is 5.72. The molecule has 1 N–H and O–H groups in total. The summed E-state index contributed by atoms with van der Waals surface area (Å²) in [5.74, 6) is 1.38. The van der Waals surface area contributed by atoms with Gasteiger partial charge in [-0.1, -0.05) is 36.4 Å². The molecule has 3 aromatic rings. The number of nitrogens with one attached hydrogen (secondary N) is 1. The first-order valence-electron chi connectivity index (χ1n) is 7.44. The molecule has 106 valence electrons. The molecule has 1 heterocycles. The van der Waals surface area contributed by atoms with Crippen LogP contribution >= 0.6 is 0 Å². The molecule has 0 fully saturated rings. The van der Waals surface area contributed by atoms with E-state index in [2.05, 4.69) is 34.6 Å². The van der Waals surface area contributed by atoms with Gasteiger partial charge in [-0.3, -0.25) is 0 Å². The van der Waals surface area contributed by atoms with Gasteiger partial charge in [-0.05, 0) is 36.7 Å². The van der Waals surface area contributed by atoms with Gasteiger partial charge in [-0.25, -0.2) is 4.98 Å². The molecule has 4 rings (SSSR count). The minimum atomic E-state index is 0.368. The van der Waals surface area contributed by atoms with Crippen molar-refractivity contribution < 1.29 is 4.42 Å². The zero-order chi connectivity index (χ0) is 14.2. The topological polar surface area (TPSA) is 38.1 Å². The van der Waals surface area contributed by atoms with Gasteiger partial charge in [0.1, 0.15) is 5.52 Å². The van der Waals surface area contributed by atoms with Crippen molar-refractivity contribution in [2.24, 2.45) is 0 Å². The second kappa shape index (κ2) is 5.01. The summed E-state index contributed by atoms with van der Waals surface area (Å²) in [6.07, 6.45) is 1.96. The quantitative estimate of drug-likeness (QED) is 0.795. The lowest BCUT2D eigenvalue weighted by Crippen LogP contribution is -2.39. The van der Waals surface area contributed by atoms with Crippen LogP contribution < -0.4 is 5.32 Å². The van der Waals surface area contributed by atoms with E-state index in [1.807, 2.05) is 31.3 Å². The Kier molecular flexibility index (Phi) is 3.00. The van der Waals surface area contributed by atoms with Crippen molar-refractivity contribution in [3.63, 3.8) is 0 Å². The number of benzene rings is 2. The van der Waals surface area contributed by atoms with E-state index in [1.165, 1.54) is 11.1 Å². The largest absolute Gasteiger partial charge is 0.441 e. The van der Waals surface area contributed by atoms with Gasteiger partial charge >= 0.3 is 0 Å². The van der Waals surface area contributed by atoms with E-state index >= 15 is 0 Å². The van der Waals surface area contributed by atoms with E-state index in [1.54, 1.807) is 0 Å². The third-order valence-corrected chi connectivity index (χ3v) is 4.48. The molecule has 0 saturated heterocycles. The molecule has 3 heteroatoms. The van der Waals surface area contributed by atoms with Gasteiger partial charge in [0, 0.05) is 18.4 Å². The summed E-state index contributed by atoms with van der Waals surface area (Å²) >= 11 is 0. The molecule has 1 aliphatic carbocycles. The van der Waals surface area contributed by atoms with Crippen LogP contribution in [0.1, 0.15) is 22.9 Å². The Morgan fingerprint density at radius 3 is 2.81 bits per heavy atom. The highest BCUT2D eigenvalue weighted by Crippen LogP contribution is 2.38. The van der Waals surface area contributed by atoms with E-state index in [9.17, 15) is 0 Å². The van der Waals surface area contributed by atoms with Gasteiger partial charge in [0.05, 0.1) is 0 Å². The standard InChI is InChI=1S/C18H18N2O/c1-19-16(14-10-12-6-2-3-7-13(12)14)11-18-20-15-8-4-5-9-17(15)21-18/h2-9,14,16,19H,10-11H2,1H3. The molecule has 2 aromatic carbocycles. The number of oxazole rings is 1. The third-order valence-electron chi connectivity index (χ3n) is 4.48. The number of rotatable bonds is 4. The van der Waals surface area contributed by atoms with Gasteiger partial charge < -0.3 is 9.73 Å². The fourth-order valence-electron chi connectivity index (χ4n) is 3.30. The van der Waals surface area contributed by atoms with E-state index in [0.717, 1.165) is 29.8 Å². The van der Waals surface area contributed by atoms with Crippen molar-refractivity contribution >= 4 is 11.1 Å². The average Bonchev–Trinajstić information content (AvgIpc) is 2.89. The van der Waals surface area contributed by atoms with Crippen molar-refractivity contribution in [1.82, 2.24) is 10.3 Å². The predicted molar refractivity (Wildman–Crippen MR) is 83.4 cm³/mol. The number of hydrogen-bond donors (Lipinski definition) is 1. The van der Waals surface area contributed by atoms with Crippen LogP contribution in [0.4, 0.5) is 0 Å². The zero-order valence-corrected chi connectivity index (χ0v) is 12.0. The Balaban J connectivity index is 1.57. The lowest BCUT2D eigenvalue weighted by Gasteiger charge is -2.36. The molecule has 0 spiro atoms. The highest BCUT2D eigenvalue weighted by atomic mass is 16.3. The lowest BCUT2D eigenvalue weighted by molar-refractivity contribution is 0.388. The molecule has 1 aliphatic rings. The number of para-hydroxylation sites is 2. The van der Waals surface area contributed by atoms with Gasteiger partial charge in [0.2, 0.25) is 0 Å². The Morgan fingerprint density at radius 2 is 2.00 bits per heavy atom. The summed E-state index contributed by atoms with van der Waals surface area (Å²) in [6.45, 7) is 0. The Hall–Kier alpha value is -2.13. The van der Waals surface area contributed by atoms with E-state index in [4.69, 9.17) is 4.42 Å². The maximum absolute atomic E-state index is 5.86. The minimum absolute atomic E-state index is 0.368. The molecule has 0 bridgehead atoms. The average molecular weight is 278 g/mol.